The maximum Gasteiger partial charge on any atom is 0.202 e. The lowest BCUT2D eigenvalue weighted by atomic mass is 9.92. The number of halogens is 2. The average Bonchev–Trinajstić information content (AvgIpc) is 1.97. The van der Waals surface area contributed by atoms with Crippen molar-refractivity contribution in [1.29, 1.82) is 0 Å². The molecule has 1 rings (SSSR count). The molecule has 1 aliphatic carbocycles. The predicted octanol–water partition coefficient (Wildman–Crippen LogP) is 2.17. The van der Waals surface area contributed by atoms with E-state index in [2.05, 4.69) is 0 Å². The summed E-state index contributed by atoms with van der Waals surface area (Å²) in [5, 5.41) is 0. The Morgan fingerprint density at radius 2 is 2.25 bits per heavy atom. The zero-order valence-electron chi connectivity index (χ0n) is 7.14. The number of hydrogen-bond donors (Lipinski definition) is 0. The summed E-state index contributed by atoms with van der Waals surface area (Å²) in [7, 11) is 0. The molecule has 4 heteroatoms. The third-order valence-electron chi connectivity index (χ3n) is 1.78. The van der Waals surface area contributed by atoms with Crippen molar-refractivity contribution >= 4 is 29.0 Å². The Labute approximate surface area is 82.2 Å². The van der Waals surface area contributed by atoms with E-state index in [9.17, 15) is 4.79 Å². The lowest BCUT2D eigenvalue weighted by Crippen LogP contribution is -2.53. The molecule has 12 heavy (non-hydrogen) atoms. The fraction of sp³-hybridized carbons (Fsp3) is 0.875. The van der Waals surface area contributed by atoms with Crippen LogP contribution in [0.1, 0.15) is 20.3 Å². The van der Waals surface area contributed by atoms with Crippen molar-refractivity contribution in [3.8, 4) is 0 Å². The molecule has 0 aromatic heterocycles. The molecular weight excluding hydrogens is 199 g/mol. The fourth-order valence-corrected chi connectivity index (χ4v) is 1.39. The van der Waals surface area contributed by atoms with Gasteiger partial charge >= 0.3 is 0 Å². The van der Waals surface area contributed by atoms with Gasteiger partial charge in [-0.3, -0.25) is 4.79 Å². The molecule has 0 spiro atoms. The molecule has 1 unspecified atom stereocenters. The number of ketones is 1. The molecule has 1 saturated carbocycles. The van der Waals surface area contributed by atoms with E-state index in [1.54, 1.807) is 0 Å². The molecule has 0 bridgehead atoms. The third-order valence-corrected chi connectivity index (χ3v) is 2.69. The van der Waals surface area contributed by atoms with Gasteiger partial charge in [0.25, 0.3) is 0 Å². The number of alkyl halides is 2. The normalized spacial score (nSPS) is 27.4. The van der Waals surface area contributed by atoms with E-state index in [0.29, 0.717) is 18.9 Å². The monoisotopic (exact) mass is 210 g/mol. The predicted molar refractivity (Wildman–Crippen MR) is 48.6 cm³/mol. The molecule has 1 aliphatic rings. The maximum atomic E-state index is 10.9. The number of rotatable bonds is 3. The highest BCUT2D eigenvalue weighted by Gasteiger charge is 2.53. The summed E-state index contributed by atoms with van der Waals surface area (Å²) in [6.45, 7) is 4.66. The van der Waals surface area contributed by atoms with Crippen molar-refractivity contribution < 1.29 is 9.53 Å². The highest BCUT2D eigenvalue weighted by atomic mass is 35.5. The van der Waals surface area contributed by atoms with Crippen molar-refractivity contribution in [2.24, 2.45) is 5.92 Å². The summed E-state index contributed by atoms with van der Waals surface area (Å²) < 4.78 is 4.06. The van der Waals surface area contributed by atoms with Crippen molar-refractivity contribution in [2.75, 3.05) is 6.61 Å². The van der Waals surface area contributed by atoms with Gasteiger partial charge in [0.2, 0.25) is 4.33 Å². The van der Waals surface area contributed by atoms with Crippen molar-refractivity contribution in [3.05, 3.63) is 0 Å². The number of ether oxygens (including phenoxy) is 1. The summed E-state index contributed by atoms with van der Waals surface area (Å²) in [6, 6.07) is 0. The van der Waals surface area contributed by atoms with Crippen LogP contribution in [0.4, 0.5) is 0 Å². The van der Waals surface area contributed by atoms with E-state index in [0.717, 1.165) is 0 Å². The van der Waals surface area contributed by atoms with Crippen LogP contribution in [0, 0.1) is 5.92 Å². The first-order valence-electron chi connectivity index (χ1n) is 3.97. The second kappa shape index (κ2) is 3.52. The molecule has 0 aromatic rings. The SMILES string of the molecule is CC(C)COC1CC(=O)C1(Cl)Cl. The molecule has 0 saturated heterocycles. The largest absolute Gasteiger partial charge is 0.374 e. The number of hydrogen-bond acceptors (Lipinski definition) is 2. The molecule has 0 heterocycles. The van der Waals surface area contributed by atoms with Crippen LogP contribution in [-0.4, -0.2) is 22.8 Å². The van der Waals surface area contributed by atoms with Crippen LogP contribution in [-0.2, 0) is 9.53 Å². The average molecular weight is 211 g/mol. The van der Waals surface area contributed by atoms with Gasteiger partial charge in [0.15, 0.2) is 5.78 Å². The lowest BCUT2D eigenvalue weighted by Gasteiger charge is -2.37. The summed E-state index contributed by atoms with van der Waals surface area (Å²) in [5.41, 5.74) is 0. The van der Waals surface area contributed by atoms with Crippen LogP contribution < -0.4 is 0 Å². The van der Waals surface area contributed by atoms with Crippen LogP contribution in [0.3, 0.4) is 0 Å². The van der Waals surface area contributed by atoms with Gasteiger partial charge in [-0.1, -0.05) is 37.0 Å². The Morgan fingerprint density at radius 3 is 2.58 bits per heavy atom. The van der Waals surface area contributed by atoms with E-state index in [1.165, 1.54) is 0 Å². The number of carbonyl (C=O) groups is 1. The van der Waals surface area contributed by atoms with Gasteiger partial charge in [0, 0.05) is 13.0 Å². The minimum Gasteiger partial charge on any atom is -0.374 e. The summed E-state index contributed by atoms with van der Waals surface area (Å²) >= 11 is 11.4. The molecule has 0 aliphatic heterocycles. The van der Waals surface area contributed by atoms with Gasteiger partial charge in [0.05, 0.1) is 0 Å². The van der Waals surface area contributed by atoms with Crippen LogP contribution in [0.25, 0.3) is 0 Å². The zero-order valence-corrected chi connectivity index (χ0v) is 8.65. The van der Waals surface area contributed by atoms with E-state index >= 15 is 0 Å². The lowest BCUT2D eigenvalue weighted by molar-refractivity contribution is -0.136. The van der Waals surface area contributed by atoms with Crippen molar-refractivity contribution in [3.63, 3.8) is 0 Å². The first-order valence-corrected chi connectivity index (χ1v) is 4.73. The standard InChI is InChI=1S/C8H12Cl2O2/c1-5(2)4-12-7-3-6(11)8(7,9)10/h5,7H,3-4H2,1-2H3. The highest BCUT2D eigenvalue weighted by molar-refractivity contribution is 6.61. The molecule has 70 valence electrons. The summed E-state index contributed by atoms with van der Waals surface area (Å²) in [5.74, 6) is 0.296. The minimum atomic E-state index is -1.28. The first-order chi connectivity index (χ1) is 5.44. The van der Waals surface area contributed by atoms with E-state index in [1.807, 2.05) is 13.8 Å². The van der Waals surface area contributed by atoms with Crippen LogP contribution in [0.15, 0.2) is 0 Å². The molecule has 0 amide bonds. The molecule has 1 atom stereocenters. The Hall–Kier alpha value is 0.210. The van der Waals surface area contributed by atoms with Gasteiger partial charge in [-0.15, -0.1) is 0 Å². The molecule has 0 radical (unpaired) electrons. The van der Waals surface area contributed by atoms with Crippen LogP contribution in [0.2, 0.25) is 0 Å². The minimum absolute atomic E-state index is 0.139. The Balaban J connectivity index is 2.33. The summed E-state index contributed by atoms with van der Waals surface area (Å²) in [6.07, 6.45) is 0.0374. The van der Waals surface area contributed by atoms with Crippen molar-refractivity contribution in [1.82, 2.24) is 0 Å². The number of carbonyl (C=O) groups excluding carboxylic acids is 1. The Kier molecular flexibility index (Phi) is 3.02. The van der Waals surface area contributed by atoms with E-state index in [-0.39, 0.29) is 11.9 Å². The quantitative estimate of drug-likeness (QED) is 0.668. The van der Waals surface area contributed by atoms with Gasteiger partial charge in [-0.25, -0.2) is 0 Å². The molecule has 0 aromatic carbocycles. The van der Waals surface area contributed by atoms with Gasteiger partial charge in [-0.2, -0.15) is 0 Å². The van der Waals surface area contributed by atoms with Gasteiger partial charge < -0.3 is 4.74 Å². The van der Waals surface area contributed by atoms with Crippen molar-refractivity contribution in [2.45, 2.75) is 30.7 Å². The van der Waals surface area contributed by atoms with E-state index in [4.69, 9.17) is 27.9 Å². The first kappa shape index (κ1) is 10.3. The second-order valence-corrected chi connectivity index (χ2v) is 4.85. The topological polar surface area (TPSA) is 26.3 Å². The van der Waals surface area contributed by atoms with Gasteiger partial charge in [0.1, 0.15) is 6.10 Å². The summed E-state index contributed by atoms with van der Waals surface area (Å²) in [4.78, 5) is 10.9. The molecule has 0 N–H and O–H groups in total. The third kappa shape index (κ3) is 1.93. The molecular formula is C8H12Cl2O2. The van der Waals surface area contributed by atoms with Crippen LogP contribution >= 0.6 is 23.2 Å². The van der Waals surface area contributed by atoms with Gasteiger partial charge in [-0.05, 0) is 5.92 Å². The number of Topliss-reactive ketones (excluding diaryl/α,β-unsaturated/α-hetero) is 1. The van der Waals surface area contributed by atoms with Crippen LogP contribution in [0.5, 0.6) is 0 Å². The molecule has 1 fully saturated rings. The fourth-order valence-electron chi connectivity index (χ4n) is 0.953. The second-order valence-electron chi connectivity index (χ2n) is 3.47. The van der Waals surface area contributed by atoms with E-state index < -0.39 is 4.33 Å². The Morgan fingerprint density at radius 1 is 1.67 bits per heavy atom. The Bertz CT molecular complexity index is 189. The maximum absolute atomic E-state index is 10.9. The highest BCUT2D eigenvalue weighted by Crippen LogP contribution is 2.41. The smallest absolute Gasteiger partial charge is 0.202 e. The molecule has 2 nitrogen and oxygen atoms in total. The zero-order chi connectivity index (χ0) is 9.35.